The third kappa shape index (κ3) is 4.13. The van der Waals surface area contributed by atoms with Crippen LogP contribution in [0.4, 0.5) is 4.79 Å². The van der Waals surface area contributed by atoms with Crippen LogP contribution in [0.1, 0.15) is 6.92 Å². The van der Waals surface area contributed by atoms with Gasteiger partial charge in [-0.1, -0.05) is 6.08 Å². The second-order valence-corrected chi connectivity index (χ2v) is 3.51. The molecule has 4 nitrogen and oxygen atoms in total. The summed E-state index contributed by atoms with van der Waals surface area (Å²) in [4.78, 5) is 11.0. The molecule has 0 aromatic rings. The molecule has 2 unspecified atom stereocenters. The number of thioether (sulfide) groups is 1. The van der Waals surface area contributed by atoms with Crippen molar-refractivity contribution in [1.29, 1.82) is 0 Å². The van der Waals surface area contributed by atoms with Crippen LogP contribution in [0.25, 0.3) is 0 Å². The van der Waals surface area contributed by atoms with Gasteiger partial charge in [-0.05, 0) is 31.0 Å². The fourth-order valence-corrected chi connectivity index (χ4v) is 1.20. The molecule has 14 heavy (non-hydrogen) atoms. The third-order valence-electron chi connectivity index (χ3n) is 1.69. The maximum Gasteiger partial charge on any atom is 0.367 e. The summed E-state index contributed by atoms with van der Waals surface area (Å²) in [6, 6.07) is 0. The van der Waals surface area contributed by atoms with Gasteiger partial charge in [0.1, 0.15) is 6.10 Å². The first kappa shape index (κ1) is 11.6. The van der Waals surface area contributed by atoms with Crippen molar-refractivity contribution in [2.75, 3.05) is 19.5 Å². The minimum atomic E-state index is -0.304. The molecule has 0 aliphatic carbocycles. The number of ether oxygens (including phenoxy) is 3. The lowest BCUT2D eigenvalue weighted by molar-refractivity contribution is -0.138. The summed E-state index contributed by atoms with van der Waals surface area (Å²) >= 11 is 1.05. The van der Waals surface area contributed by atoms with Crippen LogP contribution in [0.2, 0.25) is 0 Å². The Kier molecular flexibility index (Phi) is 5.00. The molecule has 0 radical (unpaired) electrons. The van der Waals surface area contributed by atoms with E-state index in [-0.39, 0.29) is 17.7 Å². The fraction of sp³-hybridized carbons (Fsp3) is 0.667. The van der Waals surface area contributed by atoms with Gasteiger partial charge in [0.15, 0.2) is 6.29 Å². The number of carbonyl (C=O) groups is 1. The highest BCUT2D eigenvalue weighted by atomic mass is 32.2. The van der Waals surface area contributed by atoms with Crippen LogP contribution in [0.3, 0.4) is 0 Å². The van der Waals surface area contributed by atoms with Crippen molar-refractivity contribution in [2.45, 2.75) is 19.3 Å². The maximum absolute atomic E-state index is 11.0. The quantitative estimate of drug-likeness (QED) is 0.496. The smallest absolute Gasteiger partial charge is 0.367 e. The highest BCUT2D eigenvalue weighted by molar-refractivity contribution is 8.12. The summed E-state index contributed by atoms with van der Waals surface area (Å²) in [6.07, 6.45) is 4.73. The summed E-state index contributed by atoms with van der Waals surface area (Å²) in [5.41, 5.74) is 0. The number of hydrogen-bond acceptors (Lipinski definition) is 5. The Morgan fingerprint density at radius 3 is 3.07 bits per heavy atom. The zero-order valence-corrected chi connectivity index (χ0v) is 9.08. The van der Waals surface area contributed by atoms with E-state index in [4.69, 9.17) is 14.2 Å². The lowest BCUT2D eigenvalue weighted by Gasteiger charge is -2.20. The van der Waals surface area contributed by atoms with Crippen molar-refractivity contribution in [3.05, 3.63) is 12.2 Å². The van der Waals surface area contributed by atoms with Gasteiger partial charge < -0.3 is 14.2 Å². The van der Waals surface area contributed by atoms with E-state index in [0.717, 1.165) is 11.8 Å². The number of hydrogen-bond donors (Lipinski definition) is 0. The van der Waals surface area contributed by atoms with Gasteiger partial charge in [0.2, 0.25) is 0 Å². The predicted octanol–water partition coefficient (Wildman–Crippen LogP) is 1.80. The SMILES string of the molecule is CSC(=O)OC1/C=C/COC(C)OC1. The first-order chi connectivity index (χ1) is 6.72. The number of carbonyl (C=O) groups excluding carboxylic acids is 1. The van der Waals surface area contributed by atoms with Crippen molar-refractivity contribution in [3.63, 3.8) is 0 Å². The molecular weight excluding hydrogens is 204 g/mol. The van der Waals surface area contributed by atoms with Gasteiger partial charge in [0.05, 0.1) is 13.2 Å². The van der Waals surface area contributed by atoms with Gasteiger partial charge in [-0.2, -0.15) is 0 Å². The molecule has 5 heteroatoms. The Hall–Kier alpha value is -0.520. The Balaban J connectivity index is 2.42. The van der Waals surface area contributed by atoms with E-state index >= 15 is 0 Å². The van der Waals surface area contributed by atoms with Gasteiger partial charge in [0.25, 0.3) is 0 Å². The monoisotopic (exact) mass is 218 g/mol. The maximum atomic E-state index is 11.0. The van der Waals surface area contributed by atoms with E-state index in [9.17, 15) is 4.79 Å². The molecular formula is C9H14O4S. The van der Waals surface area contributed by atoms with Gasteiger partial charge in [-0.15, -0.1) is 0 Å². The van der Waals surface area contributed by atoms with Crippen molar-refractivity contribution in [2.24, 2.45) is 0 Å². The molecule has 1 aliphatic rings. The van der Waals surface area contributed by atoms with Crippen LogP contribution in [0.15, 0.2) is 12.2 Å². The van der Waals surface area contributed by atoms with Gasteiger partial charge in [-0.25, -0.2) is 4.79 Å². The van der Waals surface area contributed by atoms with Crippen LogP contribution in [0.5, 0.6) is 0 Å². The summed E-state index contributed by atoms with van der Waals surface area (Å²) in [5, 5.41) is -0.294. The van der Waals surface area contributed by atoms with Gasteiger partial charge >= 0.3 is 5.30 Å². The van der Waals surface area contributed by atoms with Crippen LogP contribution in [-0.4, -0.2) is 37.2 Å². The van der Waals surface area contributed by atoms with Gasteiger partial charge in [-0.3, -0.25) is 0 Å². The highest BCUT2D eigenvalue weighted by Crippen LogP contribution is 2.08. The average Bonchev–Trinajstić information content (AvgIpc) is 2.16. The molecule has 0 aromatic carbocycles. The Morgan fingerprint density at radius 2 is 2.36 bits per heavy atom. The molecule has 0 N–H and O–H groups in total. The van der Waals surface area contributed by atoms with Crippen LogP contribution < -0.4 is 0 Å². The van der Waals surface area contributed by atoms with Crippen LogP contribution >= 0.6 is 11.8 Å². The van der Waals surface area contributed by atoms with Crippen molar-refractivity contribution < 1.29 is 19.0 Å². The van der Waals surface area contributed by atoms with Crippen LogP contribution in [-0.2, 0) is 14.2 Å². The van der Waals surface area contributed by atoms with E-state index in [0.29, 0.717) is 13.2 Å². The van der Waals surface area contributed by atoms with E-state index in [1.54, 1.807) is 12.3 Å². The van der Waals surface area contributed by atoms with Crippen molar-refractivity contribution in [3.8, 4) is 0 Å². The van der Waals surface area contributed by atoms with Crippen molar-refractivity contribution in [1.82, 2.24) is 0 Å². The second-order valence-electron chi connectivity index (χ2n) is 2.77. The summed E-state index contributed by atoms with van der Waals surface area (Å²) < 4.78 is 15.6. The Labute approximate surface area is 87.6 Å². The number of rotatable bonds is 1. The highest BCUT2D eigenvalue weighted by Gasteiger charge is 2.14. The standard InChI is InChI=1S/C9H14O4S/c1-7-11-5-3-4-8(6-12-7)13-9(10)14-2/h3-4,7-8H,5-6H2,1-2H3/b4-3+. The average molecular weight is 218 g/mol. The normalized spacial score (nSPS) is 30.1. The molecule has 80 valence electrons. The summed E-state index contributed by atoms with van der Waals surface area (Å²) in [7, 11) is 0. The lowest BCUT2D eigenvalue weighted by Crippen LogP contribution is -2.26. The van der Waals surface area contributed by atoms with E-state index in [1.807, 2.05) is 13.0 Å². The van der Waals surface area contributed by atoms with Crippen LogP contribution in [0, 0.1) is 0 Å². The predicted molar refractivity (Wildman–Crippen MR) is 54.3 cm³/mol. The first-order valence-electron chi connectivity index (χ1n) is 4.37. The van der Waals surface area contributed by atoms with Gasteiger partial charge in [0, 0.05) is 0 Å². The third-order valence-corrected chi connectivity index (χ3v) is 2.12. The Morgan fingerprint density at radius 1 is 1.57 bits per heavy atom. The zero-order valence-electron chi connectivity index (χ0n) is 8.26. The largest absolute Gasteiger partial charge is 0.448 e. The molecule has 0 aromatic heterocycles. The zero-order chi connectivity index (χ0) is 10.4. The fourth-order valence-electron chi connectivity index (χ4n) is 0.977. The van der Waals surface area contributed by atoms with E-state index < -0.39 is 0 Å². The summed E-state index contributed by atoms with van der Waals surface area (Å²) in [6.45, 7) is 2.63. The van der Waals surface area contributed by atoms with E-state index in [2.05, 4.69) is 0 Å². The first-order valence-corrected chi connectivity index (χ1v) is 5.59. The molecule has 1 heterocycles. The molecule has 1 aliphatic heterocycles. The minimum absolute atomic E-state index is 0.254. The molecule has 0 bridgehead atoms. The molecule has 1 rings (SSSR count). The van der Waals surface area contributed by atoms with Crippen molar-refractivity contribution >= 4 is 17.1 Å². The molecule has 0 fully saturated rings. The molecule has 0 saturated heterocycles. The molecule has 2 atom stereocenters. The summed E-state index contributed by atoms with van der Waals surface area (Å²) in [5.74, 6) is 0. The topological polar surface area (TPSA) is 44.8 Å². The molecule has 0 saturated carbocycles. The molecule has 0 amide bonds. The lowest BCUT2D eigenvalue weighted by atomic mass is 10.3. The van der Waals surface area contributed by atoms with E-state index in [1.165, 1.54) is 0 Å². The second kappa shape index (κ2) is 6.06. The Bertz CT molecular complexity index is 217. The molecule has 0 spiro atoms. The minimum Gasteiger partial charge on any atom is -0.448 e.